The van der Waals surface area contributed by atoms with Gasteiger partial charge >= 0.3 is 6.09 Å². The Hall–Kier alpha value is -2.44. The number of nitrogen functional groups attached to an aromatic ring is 1. The summed E-state index contributed by atoms with van der Waals surface area (Å²) >= 11 is 0. The molecule has 1 aromatic carbocycles. The van der Waals surface area contributed by atoms with Crippen molar-refractivity contribution in [1.29, 1.82) is 0 Å². The first-order chi connectivity index (χ1) is 10.2. The molecule has 1 heterocycles. The van der Waals surface area contributed by atoms with Crippen LogP contribution in [0.2, 0.25) is 0 Å². The van der Waals surface area contributed by atoms with Crippen LogP contribution < -0.4 is 15.8 Å². The molecular weight excluding hydrogens is 284 g/mol. The van der Waals surface area contributed by atoms with Gasteiger partial charge in [0.15, 0.2) is 0 Å². The van der Waals surface area contributed by atoms with Crippen LogP contribution in [0.4, 0.5) is 10.5 Å². The van der Waals surface area contributed by atoms with Crippen molar-refractivity contribution in [3.8, 4) is 5.75 Å². The quantitative estimate of drug-likeness (QED) is 0.753. The van der Waals surface area contributed by atoms with Crippen LogP contribution in [0.5, 0.6) is 5.75 Å². The van der Waals surface area contributed by atoms with Crippen LogP contribution in [0.1, 0.15) is 27.7 Å². The maximum atomic E-state index is 11.7. The molecule has 2 rings (SSSR count). The molecule has 22 heavy (non-hydrogen) atoms. The highest BCUT2D eigenvalue weighted by Gasteiger charge is 2.18. The number of aromatic nitrogens is 2. The summed E-state index contributed by atoms with van der Waals surface area (Å²) < 4.78 is 10.9. The number of hydrogen-bond acceptors (Lipinski definition) is 5. The number of nitrogens with one attached hydrogen (secondary N) is 2. The standard InChI is InChI=1S/C15H22N4O3/c1-9(18-14(20)22-15(2,3)4)8-21-13-6-12-10(5-11(13)16)7-17-19-12/h5-7,9H,8,16H2,1-4H3,(H,17,19)(H,18,20)/t9-/m1/s1. The minimum atomic E-state index is -0.527. The normalized spacial score (nSPS) is 12.9. The Morgan fingerprint density at radius 3 is 2.86 bits per heavy atom. The third-order valence-corrected chi connectivity index (χ3v) is 2.82. The van der Waals surface area contributed by atoms with Gasteiger partial charge in [0.05, 0.1) is 23.4 Å². The molecular formula is C15H22N4O3. The van der Waals surface area contributed by atoms with E-state index in [-0.39, 0.29) is 12.6 Å². The Balaban J connectivity index is 1.91. The highest BCUT2D eigenvalue weighted by molar-refractivity contribution is 5.84. The molecule has 7 nitrogen and oxygen atoms in total. The molecule has 0 saturated carbocycles. The molecule has 1 atom stereocenters. The van der Waals surface area contributed by atoms with Gasteiger partial charge in [0.25, 0.3) is 0 Å². The third kappa shape index (κ3) is 4.28. The maximum Gasteiger partial charge on any atom is 0.407 e. The van der Waals surface area contributed by atoms with Gasteiger partial charge in [0.1, 0.15) is 18.0 Å². The number of ether oxygens (including phenoxy) is 2. The summed E-state index contributed by atoms with van der Waals surface area (Å²) in [7, 11) is 0. The van der Waals surface area contributed by atoms with E-state index in [9.17, 15) is 4.79 Å². The Morgan fingerprint density at radius 2 is 2.18 bits per heavy atom. The molecule has 0 bridgehead atoms. The molecule has 4 N–H and O–H groups in total. The summed E-state index contributed by atoms with van der Waals surface area (Å²) in [5.74, 6) is 0.551. The van der Waals surface area contributed by atoms with Crippen molar-refractivity contribution < 1.29 is 14.3 Å². The van der Waals surface area contributed by atoms with Crippen molar-refractivity contribution in [3.05, 3.63) is 18.3 Å². The zero-order chi connectivity index (χ0) is 16.3. The van der Waals surface area contributed by atoms with E-state index in [2.05, 4.69) is 15.5 Å². The highest BCUT2D eigenvalue weighted by atomic mass is 16.6. The van der Waals surface area contributed by atoms with Crippen LogP contribution >= 0.6 is 0 Å². The van der Waals surface area contributed by atoms with E-state index >= 15 is 0 Å². The number of rotatable bonds is 4. The SMILES string of the molecule is C[C@H](COc1cc2[nH]ncc2cc1N)NC(=O)OC(C)(C)C. The van der Waals surface area contributed by atoms with Crippen LogP contribution in [0.25, 0.3) is 10.9 Å². The number of aromatic amines is 1. The fourth-order valence-corrected chi connectivity index (χ4v) is 1.88. The Labute approximate surface area is 129 Å². The van der Waals surface area contributed by atoms with Crippen molar-refractivity contribution in [1.82, 2.24) is 15.5 Å². The summed E-state index contributed by atoms with van der Waals surface area (Å²) in [5.41, 5.74) is 6.78. The number of carbonyl (C=O) groups is 1. The van der Waals surface area contributed by atoms with Crippen LogP contribution in [0.3, 0.4) is 0 Å². The first kappa shape index (κ1) is 15.9. The van der Waals surface area contributed by atoms with E-state index in [1.807, 2.05) is 27.7 Å². The number of anilines is 1. The van der Waals surface area contributed by atoms with Crippen molar-refractivity contribution in [2.75, 3.05) is 12.3 Å². The molecule has 1 amide bonds. The topological polar surface area (TPSA) is 102 Å². The Bertz CT molecular complexity index is 660. The molecule has 7 heteroatoms. The average molecular weight is 306 g/mol. The van der Waals surface area contributed by atoms with Crippen LogP contribution in [-0.2, 0) is 4.74 Å². The molecule has 0 fully saturated rings. The maximum absolute atomic E-state index is 11.7. The van der Waals surface area contributed by atoms with E-state index in [1.54, 1.807) is 18.3 Å². The first-order valence-corrected chi connectivity index (χ1v) is 7.09. The second-order valence-electron chi connectivity index (χ2n) is 6.21. The molecule has 1 aromatic heterocycles. The van der Waals surface area contributed by atoms with Gasteiger partial charge < -0.3 is 20.5 Å². The van der Waals surface area contributed by atoms with E-state index in [1.165, 1.54) is 0 Å². The number of amides is 1. The van der Waals surface area contributed by atoms with Gasteiger partial charge in [-0.2, -0.15) is 5.10 Å². The van der Waals surface area contributed by atoms with Crippen molar-refractivity contribution in [2.24, 2.45) is 0 Å². The summed E-state index contributed by atoms with van der Waals surface area (Å²) in [6.45, 7) is 7.55. The molecule has 0 aliphatic carbocycles. The largest absolute Gasteiger partial charge is 0.489 e. The molecule has 0 aliphatic heterocycles. The number of hydrogen-bond donors (Lipinski definition) is 3. The average Bonchev–Trinajstić information content (AvgIpc) is 2.80. The van der Waals surface area contributed by atoms with Gasteiger partial charge in [0, 0.05) is 11.5 Å². The number of nitrogens with two attached hydrogens (primary N) is 1. The molecule has 0 spiro atoms. The minimum absolute atomic E-state index is 0.216. The lowest BCUT2D eigenvalue weighted by Crippen LogP contribution is -2.40. The molecule has 0 saturated heterocycles. The van der Waals surface area contributed by atoms with E-state index < -0.39 is 11.7 Å². The van der Waals surface area contributed by atoms with Crippen LogP contribution in [-0.4, -0.2) is 34.5 Å². The van der Waals surface area contributed by atoms with Crippen molar-refractivity contribution >= 4 is 22.7 Å². The second kappa shape index (κ2) is 6.13. The molecule has 0 radical (unpaired) electrons. The lowest BCUT2D eigenvalue weighted by molar-refractivity contribution is 0.0494. The molecule has 0 aliphatic rings. The summed E-state index contributed by atoms with van der Waals surface area (Å²) in [5, 5.41) is 10.4. The highest BCUT2D eigenvalue weighted by Crippen LogP contribution is 2.26. The Morgan fingerprint density at radius 1 is 1.45 bits per heavy atom. The second-order valence-corrected chi connectivity index (χ2v) is 6.21. The minimum Gasteiger partial charge on any atom is -0.489 e. The van der Waals surface area contributed by atoms with Gasteiger partial charge in [-0.1, -0.05) is 0 Å². The number of benzene rings is 1. The fourth-order valence-electron chi connectivity index (χ4n) is 1.88. The molecule has 2 aromatic rings. The van der Waals surface area contributed by atoms with Crippen LogP contribution in [0, 0.1) is 0 Å². The lowest BCUT2D eigenvalue weighted by atomic mass is 10.2. The smallest absolute Gasteiger partial charge is 0.407 e. The van der Waals surface area contributed by atoms with Crippen LogP contribution in [0.15, 0.2) is 18.3 Å². The van der Waals surface area contributed by atoms with Crippen molar-refractivity contribution in [2.45, 2.75) is 39.3 Å². The molecule has 0 unspecified atom stereocenters. The van der Waals surface area contributed by atoms with Gasteiger partial charge in [0.2, 0.25) is 0 Å². The van der Waals surface area contributed by atoms with Crippen molar-refractivity contribution in [3.63, 3.8) is 0 Å². The first-order valence-electron chi connectivity index (χ1n) is 7.09. The van der Waals surface area contributed by atoms with Gasteiger partial charge in [-0.15, -0.1) is 0 Å². The van der Waals surface area contributed by atoms with Gasteiger partial charge in [-0.25, -0.2) is 4.79 Å². The molecule has 120 valence electrons. The summed E-state index contributed by atoms with van der Waals surface area (Å²) in [6, 6.07) is 3.37. The number of H-pyrrole nitrogens is 1. The van der Waals surface area contributed by atoms with Gasteiger partial charge in [-0.3, -0.25) is 5.10 Å². The number of carbonyl (C=O) groups excluding carboxylic acids is 1. The number of fused-ring (bicyclic) bond motifs is 1. The van der Waals surface area contributed by atoms with E-state index in [0.29, 0.717) is 11.4 Å². The summed E-state index contributed by atoms with van der Waals surface area (Å²) in [6.07, 6.45) is 1.22. The number of nitrogens with zero attached hydrogens (tertiary/aromatic N) is 1. The zero-order valence-corrected chi connectivity index (χ0v) is 13.3. The van der Waals surface area contributed by atoms with E-state index in [4.69, 9.17) is 15.2 Å². The fraction of sp³-hybridized carbons (Fsp3) is 0.467. The lowest BCUT2D eigenvalue weighted by Gasteiger charge is -2.22. The van der Waals surface area contributed by atoms with Gasteiger partial charge in [-0.05, 0) is 33.8 Å². The van der Waals surface area contributed by atoms with E-state index in [0.717, 1.165) is 10.9 Å². The Kier molecular flexibility index (Phi) is 4.44. The predicted octanol–water partition coefficient (Wildman–Crippen LogP) is 2.44. The number of alkyl carbamates (subject to hydrolysis) is 1. The monoisotopic (exact) mass is 306 g/mol. The third-order valence-electron chi connectivity index (χ3n) is 2.82. The zero-order valence-electron chi connectivity index (χ0n) is 13.3. The summed E-state index contributed by atoms with van der Waals surface area (Å²) in [4.78, 5) is 11.7. The predicted molar refractivity (Wildman–Crippen MR) is 84.8 cm³/mol.